The quantitative estimate of drug-likeness (QED) is 0.929. The first-order chi connectivity index (χ1) is 9.70. The van der Waals surface area contributed by atoms with Crippen molar-refractivity contribution in [3.8, 4) is 0 Å². The van der Waals surface area contributed by atoms with E-state index in [0.717, 1.165) is 12.8 Å². The molecular formula is C15H18FN3O. The highest BCUT2D eigenvalue weighted by molar-refractivity contribution is 5.23. The highest BCUT2D eigenvalue weighted by Gasteiger charge is 2.28. The van der Waals surface area contributed by atoms with Crippen LogP contribution >= 0.6 is 0 Å². The molecule has 1 aliphatic carbocycles. The van der Waals surface area contributed by atoms with E-state index in [1.54, 1.807) is 6.92 Å². The average molecular weight is 275 g/mol. The van der Waals surface area contributed by atoms with Crippen LogP contribution in [0, 0.1) is 18.7 Å². The SMILES string of the molecule is Cc1nnc(N[C@H]2CCC[C@H]2Cc2ccc(F)cc2)o1. The first-order valence-electron chi connectivity index (χ1n) is 7.02. The second-order valence-electron chi connectivity index (χ2n) is 5.40. The highest BCUT2D eigenvalue weighted by Crippen LogP contribution is 2.31. The highest BCUT2D eigenvalue weighted by atomic mass is 19.1. The van der Waals surface area contributed by atoms with Crippen molar-refractivity contribution in [1.29, 1.82) is 0 Å². The standard InChI is InChI=1S/C15H18FN3O/c1-10-18-19-15(20-10)17-14-4-2-3-12(14)9-11-5-7-13(16)8-6-11/h5-8,12,14H,2-4,9H2,1H3,(H,17,19)/t12-,14-/m0/s1. The van der Waals surface area contributed by atoms with Crippen LogP contribution in [-0.4, -0.2) is 16.2 Å². The van der Waals surface area contributed by atoms with Crippen molar-refractivity contribution in [3.63, 3.8) is 0 Å². The van der Waals surface area contributed by atoms with E-state index in [0.29, 0.717) is 23.9 Å². The topological polar surface area (TPSA) is 51.0 Å². The van der Waals surface area contributed by atoms with Gasteiger partial charge in [-0.2, -0.15) is 0 Å². The lowest BCUT2D eigenvalue weighted by atomic mass is 9.95. The van der Waals surface area contributed by atoms with E-state index >= 15 is 0 Å². The van der Waals surface area contributed by atoms with Gasteiger partial charge in [-0.3, -0.25) is 0 Å². The molecule has 5 heteroatoms. The zero-order valence-electron chi connectivity index (χ0n) is 11.5. The van der Waals surface area contributed by atoms with E-state index < -0.39 is 0 Å². The molecular weight excluding hydrogens is 257 g/mol. The lowest BCUT2D eigenvalue weighted by molar-refractivity contribution is 0.472. The van der Waals surface area contributed by atoms with Crippen LogP contribution in [0.15, 0.2) is 28.7 Å². The van der Waals surface area contributed by atoms with Crippen LogP contribution < -0.4 is 5.32 Å². The summed E-state index contributed by atoms with van der Waals surface area (Å²) in [5.41, 5.74) is 1.17. The summed E-state index contributed by atoms with van der Waals surface area (Å²) in [5.74, 6) is 0.907. The Balaban J connectivity index is 1.64. The summed E-state index contributed by atoms with van der Waals surface area (Å²) < 4.78 is 18.3. The molecule has 3 rings (SSSR count). The van der Waals surface area contributed by atoms with Gasteiger partial charge in [-0.1, -0.05) is 23.7 Å². The number of hydrogen-bond donors (Lipinski definition) is 1. The van der Waals surface area contributed by atoms with E-state index in [2.05, 4.69) is 15.5 Å². The number of aromatic nitrogens is 2. The van der Waals surface area contributed by atoms with Gasteiger partial charge in [0.15, 0.2) is 0 Å². The molecule has 1 saturated carbocycles. The molecule has 0 amide bonds. The summed E-state index contributed by atoms with van der Waals surface area (Å²) in [6.45, 7) is 1.78. The lowest BCUT2D eigenvalue weighted by Crippen LogP contribution is -2.25. The monoisotopic (exact) mass is 275 g/mol. The molecule has 2 atom stereocenters. The third-order valence-electron chi connectivity index (χ3n) is 3.91. The minimum absolute atomic E-state index is 0.184. The summed E-state index contributed by atoms with van der Waals surface area (Å²) in [4.78, 5) is 0. The fraction of sp³-hybridized carbons (Fsp3) is 0.467. The van der Waals surface area contributed by atoms with Crippen molar-refractivity contribution in [1.82, 2.24) is 10.2 Å². The molecule has 1 fully saturated rings. The Morgan fingerprint density at radius 3 is 2.75 bits per heavy atom. The zero-order chi connectivity index (χ0) is 13.9. The molecule has 0 bridgehead atoms. The van der Waals surface area contributed by atoms with Gasteiger partial charge in [-0.15, -0.1) is 5.10 Å². The van der Waals surface area contributed by atoms with Crippen LogP contribution in [0.1, 0.15) is 30.7 Å². The van der Waals surface area contributed by atoms with Crippen molar-refractivity contribution in [3.05, 3.63) is 41.5 Å². The van der Waals surface area contributed by atoms with E-state index in [1.165, 1.54) is 30.5 Å². The van der Waals surface area contributed by atoms with Crippen LogP contribution in [0.5, 0.6) is 0 Å². The Morgan fingerprint density at radius 1 is 1.25 bits per heavy atom. The normalized spacial score (nSPS) is 22.1. The molecule has 2 aromatic rings. The third-order valence-corrected chi connectivity index (χ3v) is 3.91. The molecule has 1 heterocycles. The maximum Gasteiger partial charge on any atom is 0.315 e. The molecule has 1 aromatic heterocycles. The number of anilines is 1. The van der Waals surface area contributed by atoms with E-state index in [9.17, 15) is 4.39 Å². The van der Waals surface area contributed by atoms with Crippen molar-refractivity contribution < 1.29 is 8.81 Å². The first-order valence-corrected chi connectivity index (χ1v) is 7.02. The molecule has 1 N–H and O–H groups in total. The maximum atomic E-state index is 12.9. The van der Waals surface area contributed by atoms with E-state index in [4.69, 9.17) is 4.42 Å². The Bertz CT molecular complexity index is 567. The van der Waals surface area contributed by atoms with Crippen LogP contribution in [0.25, 0.3) is 0 Å². The summed E-state index contributed by atoms with van der Waals surface area (Å²) in [6, 6.07) is 7.61. The van der Waals surface area contributed by atoms with Gasteiger partial charge in [0.2, 0.25) is 5.89 Å². The van der Waals surface area contributed by atoms with Gasteiger partial charge in [0.25, 0.3) is 0 Å². The Hall–Kier alpha value is -1.91. The van der Waals surface area contributed by atoms with Gasteiger partial charge >= 0.3 is 6.01 Å². The number of rotatable bonds is 4. The van der Waals surface area contributed by atoms with Crippen LogP contribution in [0.3, 0.4) is 0 Å². The van der Waals surface area contributed by atoms with Crippen molar-refractivity contribution in [2.45, 2.75) is 38.6 Å². The summed E-state index contributed by atoms with van der Waals surface area (Å²) in [6.07, 6.45) is 4.41. The molecule has 1 aromatic carbocycles. The van der Waals surface area contributed by atoms with E-state index in [1.807, 2.05) is 12.1 Å². The molecule has 0 unspecified atom stereocenters. The Labute approximate surface area is 117 Å². The predicted molar refractivity (Wildman–Crippen MR) is 73.9 cm³/mol. The molecule has 0 spiro atoms. The smallest absolute Gasteiger partial charge is 0.315 e. The number of benzene rings is 1. The summed E-state index contributed by atoms with van der Waals surface area (Å²) in [7, 11) is 0. The Morgan fingerprint density at radius 2 is 2.05 bits per heavy atom. The van der Waals surface area contributed by atoms with Gasteiger partial charge in [-0.05, 0) is 42.9 Å². The number of halogens is 1. The Kier molecular flexibility index (Phi) is 3.67. The minimum atomic E-state index is -0.184. The molecule has 106 valence electrons. The van der Waals surface area contributed by atoms with Crippen LogP contribution in [0.4, 0.5) is 10.4 Å². The van der Waals surface area contributed by atoms with Gasteiger partial charge in [-0.25, -0.2) is 4.39 Å². The number of nitrogens with one attached hydrogen (secondary N) is 1. The van der Waals surface area contributed by atoms with Crippen LogP contribution in [-0.2, 0) is 6.42 Å². The van der Waals surface area contributed by atoms with Gasteiger partial charge < -0.3 is 9.73 Å². The van der Waals surface area contributed by atoms with Gasteiger partial charge in [0.1, 0.15) is 5.82 Å². The van der Waals surface area contributed by atoms with Crippen LogP contribution in [0.2, 0.25) is 0 Å². The minimum Gasteiger partial charge on any atom is -0.408 e. The fourth-order valence-electron chi connectivity index (χ4n) is 2.91. The molecule has 0 radical (unpaired) electrons. The molecule has 1 aliphatic rings. The summed E-state index contributed by atoms with van der Waals surface area (Å²) >= 11 is 0. The summed E-state index contributed by atoms with van der Waals surface area (Å²) in [5, 5.41) is 11.1. The third kappa shape index (κ3) is 2.98. The maximum absolute atomic E-state index is 12.9. The van der Waals surface area contributed by atoms with Crippen molar-refractivity contribution >= 4 is 6.01 Å². The van der Waals surface area contributed by atoms with Crippen molar-refractivity contribution in [2.24, 2.45) is 5.92 Å². The van der Waals surface area contributed by atoms with Gasteiger partial charge in [0.05, 0.1) is 0 Å². The number of hydrogen-bond acceptors (Lipinski definition) is 4. The number of aryl methyl sites for hydroxylation is 1. The first kappa shape index (κ1) is 13.1. The molecule has 0 aliphatic heterocycles. The lowest BCUT2D eigenvalue weighted by Gasteiger charge is -2.19. The fourth-order valence-corrected chi connectivity index (χ4v) is 2.91. The second-order valence-corrected chi connectivity index (χ2v) is 5.40. The zero-order valence-corrected chi connectivity index (χ0v) is 11.5. The second kappa shape index (κ2) is 5.61. The van der Waals surface area contributed by atoms with E-state index in [-0.39, 0.29) is 5.82 Å². The number of nitrogens with zero attached hydrogens (tertiary/aromatic N) is 2. The molecule has 20 heavy (non-hydrogen) atoms. The molecule has 0 saturated heterocycles. The predicted octanol–water partition coefficient (Wildman–Crippen LogP) is 3.34. The largest absolute Gasteiger partial charge is 0.408 e. The van der Waals surface area contributed by atoms with Crippen molar-refractivity contribution in [2.75, 3.05) is 5.32 Å². The van der Waals surface area contributed by atoms with Gasteiger partial charge in [0, 0.05) is 13.0 Å². The molecule has 4 nitrogen and oxygen atoms in total. The average Bonchev–Trinajstić information content (AvgIpc) is 3.03.